The van der Waals surface area contributed by atoms with Crippen LogP contribution in [-0.4, -0.2) is 47.5 Å². The van der Waals surface area contributed by atoms with Crippen LogP contribution in [0, 0.1) is 11.3 Å². The van der Waals surface area contributed by atoms with Gasteiger partial charge in [0.25, 0.3) is 0 Å². The predicted octanol–water partition coefficient (Wildman–Crippen LogP) is 0.897. The second kappa shape index (κ2) is 5.59. The molecule has 2 unspecified atom stereocenters. The van der Waals surface area contributed by atoms with Gasteiger partial charge in [-0.2, -0.15) is 0 Å². The average Bonchev–Trinajstić information content (AvgIpc) is 2.65. The number of aliphatic carboxylic acids is 1. The number of carboxylic acids is 1. The maximum atomic E-state index is 12.0. The lowest BCUT2D eigenvalue weighted by Gasteiger charge is -2.37. The van der Waals surface area contributed by atoms with E-state index in [1.165, 1.54) is 12.0 Å². The molecular weight excluding hydrogens is 250 g/mol. The van der Waals surface area contributed by atoms with Crippen molar-refractivity contribution in [2.75, 3.05) is 13.7 Å². The number of hydrogen-bond acceptors (Lipinski definition) is 4. The Balaban J connectivity index is 2.89. The van der Waals surface area contributed by atoms with Crippen LogP contribution in [0.2, 0.25) is 0 Å². The average molecular weight is 271 g/mol. The van der Waals surface area contributed by atoms with E-state index in [4.69, 9.17) is 5.11 Å². The van der Waals surface area contributed by atoms with Crippen molar-refractivity contribution in [3.63, 3.8) is 0 Å². The van der Waals surface area contributed by atoms with Crippen molar-refractivity contribution in [2.24, 2.45) is 11.3 Å². The topological polar surface area (TPSA) is 83.9 Å². The molecule has 19 heavy (non-hydrogen) atoms. The van der Waals surface area contributed by atoms with Crippen LogP contribution in [0.25, 0.3) is 0 Å². The molecule has 0 aromatic rings. The molecule has 6 nitrogen and oxygen atoms in total. The maximum absolute atomic E-state index is 12.0. The van der Waals surface area contributed by atoms with Gasteiger partial charge in [-0.25, -0.2) is 0 Å². The lowest BCUT2D eigenvalue weighted by molar-refractivity contribution is -0.145. The second-order valence-electron chi connectivity index (χ2n) is 5.95. The summed E-state index contributed by atoms with van der Waals surface area (Å²) in [5, 5.41) is 8.99. The van der Waals surface area contributed by atoms with E-state index >= 15 is 0 Å². The van der Waals surface area contributed by atoms with Gasteiger partial charge in [-0.05, 0) is 5.41 Å². The normalized spacial score (nSPS) is 21.4. The van der Waals surface area contributed by atoms with Crippen molar-refractivity contribution >= 4 is 17.8 Å². The molecule has 1 heterocycles. The highest BCUT2D eigenvalue weighted by atomic mass is 16.5. The van der Waals surface area contributed by atoms with Gasteiger partial charge in [0.1, 0.15) is 0 Å². The molecule has 0 bridgehead atoms. The molecule has 1 amide bonds. The van der Waals surface area contributed by atoms with E-state index in [9.17, 15) is 14.4 Å². The molecule has 6 heteroatoms. The highest BCUT2D eigenvalue weighted by Crippen LogP contribution is 2.32. The third kappa shape index (κ3) is 3.68. The van der Waals surface area contributed by atoms with Crippen molar-refractivity contribution in [3.8, 4) is 0 Å². The molecule has 1 N–H and O–H groups in total. The summed E-state index contributed by atoms with van der Waals surface area (Å²) in [6.45, 7) is 5.90. The Hall–Kier alpha value is -1.59. The number of ether oxygens (including phenoxy) is 1. The summed E-state index contributed by atoms with van der Waals surface area (Å²) in [5.41, 5.74) is -0.362. The molecular formula is C13H21NO5. The van der Waals surface area contributed by atoms with E-state index in [0.29, 0.717) is 0 Å². The van der Waals surface area contributed by atoms with Crippen LogP contribution >= 0.6 is 0 Å². The third-order valence-electron chi connectivity index (χ3n) is 3.44. The number of likely N-dealkylation sites (tertiary alicyclic amines) is 1. The van der Waals surface area contributed by atoms with Crippen molar-refractivity contribution in [1.82, 2.24) is 4.90 Å². The number of nitrogens with zero attached hydrogens (tertiary/aromatic N) is 1. The fraction of sp³-hybridized carbons (Fsp3) is 0.769. The van der Waals surface area contributed by atoms with E-state index in [1.807, 2.05) is 20.8 Å². The van der Waals surface area contributed by atoms with Gasteiger partial charge in [-0.3, -0.25) is 14.4 Å². The first-order valence-electron chi connectivity index (χ1n) is 6.26. The number of carbonyl (C=O) groups is 3. The molecule has 1 saturated heterocycles. The highest BCUT2D eigenvalue weighted by Gasteiger charge is 2.42. The summed E-state index contributed by atoms with van der Waals surface area (Å²) in [5.74, 6) is -2.04. The van der Waals surface area contributed by atoms with Crippen molar-refractivity contribution < 1.29 is 24.2 Å². The standard InChI is InChI=1S/C13H21NO5/c1-13(2,3)9(6-11(16)17)14-7-8(5-10(14)15)12(18)19-4/h8-9H,5-7H2,1-4H3,(H,16,17). The number of hydrogen-bond donors (Lipinski definition) is 1. The van der Waals surface area contributed by atoms with Crippen molar-refractivity contribution in [2.45, 2.75) is 39.7 Å². The Kier molecular flexibility index (Phi) is 4.55. The summed E-state index contributed by atoms with van der Waals surface area (Å²) in [6, 6.07) is -0.424. The maximum Gasteiger partial charge on any atom is 0.310 e. The number of carboxylic acid groups (broad SMARTS) is 1. The Morgan fingerprint density at radius 3 is 2.47 bits per heavy atom. The summed E-state index contributed by atoms with van der Waals surface area (Å²) < 4.78 is 4.64. The molecule has 1 aliphatic rings. The van der Waals surface area contributed by atoms with Gasteiger partial charge in [-0.1, -0.05) is 20.8 Å². The molecule has 108 valence electrons. The van der Waals surface area contributed by atoms with Crippen molar-refractivity contribution in [1.29, 1.82) is 0 Å². The molecule has 2 atom stereocenters. The molecule has 0 spiro atoms. The Bertz CT molecular complexity index is 385. The van der Waals surface area contributed by atoms with Gasteiger partial charge in [0, 0.05) is 19.0 Å². The zero-order valence-electron chi connectivity index (χ0n) is 11.8. The fourth-order valence-electron chi connectivity index (χ4n) is 2.41. The zero-order valence-corrected chi connectivity index (χ0v) is 11.8. The molecule has 1 rings (SSSR count). The van der Waals surface area contributed by atoms with E-state index in [1.54, 1.807) is 0 Å². The Labute approximate surface area is 112 Å². The van der Waals surface area contributed by atoms with Crippen LogP contribution in [0.5, 0.6) is 0 Å². The van der Waals surface area contributed by atoms with Gasteiger partial charge < -0.3 is 14.7 Å². The number of methoxy groups -OCH3 is 1. The first-order valence-corrected chi connectivity index (χ1v) is 6.26. The smallest absolute Gasteiger partial charge is 0.310 e. The summed E-state index contributed by atoms with van der Waals surface area (Å²) in [7, 11) is 1.29. The van der Waals surface area contributed by atoms with E-state index < -0.39 is 23.9 Å². The molecule has 0 aromatic carbocycles. The number of esters is 1. The molecule has 1 aliphatic heterocycles. The first kappa shape index (κ1) is 15.5. The number of amides is 1. The molecule has 1 fully saturated rings. The van der Waals surface area contributed by atoms with Crippen LogP contribution in [0.15, 0.2) is 0 Å². The SMILES string of the molecule is COC(=O)C1CC(=O)N(C(CC(=O)O)C(C)(C)C)C1. The largest absolute Gasteiger partial charge is 0.481 e. The molecule has 0 aromatic heterocycles. The summed E-state index contributed by atoms with van der Waals surface area (Å²) >= 11 is 0. The van der Waals surface area contributed by atoms with E-state index in [2.05, 4.69) is 4.74 Å². The lowest BCUT2D eigenvalue weighted by Crippen LogP contribution is -2.46. The highest BCUT2D eigenvalue weighted by molar-refractivity contribution is 5.87. The predicted molar refractivity (Wildman–Crippen MR) is 67.3 cm³/mol. The minimum atomic E-state index is -0.950. The van der Waals surface area contributed by atoms with E-state index in [-0.39, 0.29) is 30.7 Å². The van der Waals surface area contributed by atoms with Crippen LogP contribution in [0.1, 0.15) is 33.6 Å². The number of rotatable bonds is 4. The van der Waals surface area contributed by atoms with Gasteiger partial charge in [0.2, 0.25) is 5.91 Å². The minimum absolute atomic E-state index is 0.0961. The summed E-state index contributed by atoms with van der Waals surface area (Å²) in [4.78, 5) is 36.0. The molecule has 0 aliphatic carbocycles. The lowest BCUT2D eigenvalue weighted by atomic mass is 9.83. The Morgan fingerprint density at radius 2 is 2.05 bits per heavy atom. The van der Waals surface area contributed by atoms with Gasteiger partial charge in [-0.15, -0.1) is 0 Å². The first-order chi connectivity index (χ1) is 8.66. The zero-order chi connectivity index (χ0) is 14.8. The molecule has 0 radical (unpaired) electrons. The minimum Gasteiger partial charge on any atom is -0.481 e. The number of carbonyl (C=O) groups excluding carboxylic acids is 2. The van der Waals surface area contributed by atoms with Gasteiger partial charge >= 0.3 is 11.9 Å². The molecule has 0 saturated carbocycles. The van der Waals surface area contributed by atoms with Crippen molar-refractivity contribution in [3.05, 3.63) is 0 Å². The quantitative estimate of drug-likeness (QED) is 0.768. The van der Waals surface area contributed by atoms with Crippen LogP contribution in [-0.2, 0) is 19.1 Å². The summed E-state index contributed by atoms with van der Waals surface area (Å²) in [6.07, 6.45) is -0.0258. The monoisotopic (exact) mass is 271 g/mol. The fourth-order valence-corrected chi connectivity index (χ4v) is 2.41. The third-order valence-corrected chi connectivity index (χ3v) is 3.44. The second-order valence-corrected chi connectivity index (χ2v) is 5.95. The van der Waals surface area contributed by atoms with Crippen LogP contribution in [0.4, 0.5) is 0 Å². The van der Waals surface area contributed by atoms with E-state index in [0.717, 1.165) is 0 Å². The van der Waals surface area contributed by atoms with Crippen LogP contribution in [0.3, 0.4) is 0 Å². The van der Waals surface area contributed by atoms with Crippen LogP contribution < -0.4 is 0 Å². The van der Waals surface area contributed by atoms with Gasteiger partial charge in [0.05, 0.1) is 19.4 Å². The van der Waals surface area contributed by atoms with Gasteiger partial charge in [0.15, 0.2) is 0 Å². The Morgan fingerprint density at radius 1 is 1.47 bits per heavy atom.